The van der Waals surface area contributed by atoms with Crippen molar-refractivity contribution in [1.82, 2.24) is 9.88 Å². The molecule has 1 aromatic carbocycles. The zero-order valence-electron chi connectivity index (χ0n) is 10.8. The molecule has 2 aromatic rings. The van der Waals surface area contributed by atoms with Gasteiger partial charge in [0.1, 0.15) is 0 Å². The predicted molar refractivity (Wildman–Crippen MR) is 80.5 cm³/mol. The van der Waals surface area contributed by atoms with Crippen LogP contribution in [0.4, 0.5) is 0 Å². The van der Waals surface area contributed by atoms with Crippen molar-refractivity contribution >= 4 is 29.4 Å². The molecule has 1 amide bonds. The van der Waals surface area contributed by atoms with Crippen LogP contribution in [0, 0.1) is 5.92 Å². The fraction of sp³-hybridized carbons (Fsp3) is 0.400. The van der Waals surface area contributed by atoms with Crippen LogP contribution in [-0.2, 0) is 11.2 Å². The van der Waals surface area contributed by atoms with Gasteiger partial charge in [0.15, 0.2) is 0 Å². The smallest absolute Gasteiger partial charge is 0.222 e. The van der Waals surface area contributed by atoms with Crippen LogP contribution in [0.15, 0.2) is 30.5 Å². The topological polar surface area (TPSA) is 36.1 Å². The maximum Gasteiger partial charge on any atom is 0.222 e. The van der Waals surface area contributed by atoms with Crippen molar-refractivity contribution in [1.29, 1.82) is 0 Å². The highest BCUT2D eigenvalue weighted by Crippen LogP contribution is 2.21. The Morgan fingerprint density at radius 1 is 1.37 bits per heavy atom. The zero-order chi connectivity index (χ0) is 13.2. The van der Waals surface area contributed by atoms with E-state index in [2.05, 4.69) is 42.0 Å². The van der Waals surface area contributed by atoms with Crippen molar-refractivity contribution < 1.29 is 4.79 Å². The third-order valence-corrected chi connectivity index (χ3v) is 4.40. The molecule has 1 aromatic heterocycles. The fourth-order valence-electron chi connectivity index (χ4n) is 2.79. The second kappa shape index (κ2) is 5.29. The SMILES string of the molecule is O=C1CC(CS)CN1CCc1c[nH]c2ccccc12. The van der Waals surface area contributed by atoms with E-state index in [1.807, 2.05) is 11.0 Å². The quantitative estimate of drug-likeness (QED) is 0.826. The van der Waals surface area contributed by atoms with E-state index >= 15 is 0 Å². The number of carbonyl (C=O) groups excluding carboxylic acids is 1. The summed E-state index contributed by atoms with van der Waals surface area (Å²) in [6.07, 6.45) is 3.63. The second-order valence-electron chi connectivity index (χ2n) is 5.20. The molecule has 0 spiro atoms. The Kier molecular flexibility index (Phi) is 3.51. The van der Waals surface area contributed by atoms with E-state index in [1.165, 1.54) is 16.5 Å². The highest BCUT2D eigenvalue weighted by Gasteiger charge is 2.28. The minimum absolute atomic E-state index is 0.277. The van der Waals surface area contributed by atoms with E-state index in [9.17, 15) is 4.79 Å². The number of fused-ring (bicyclic) bond motifs is 1. The first-order valence-corrected chi connectivity index (χ1v) is 7.35. The van der Waals surface area contributed by atoms with Gasteiger partial charge in [-0.25, -0.2) is 0 Å². The summed E-state index contributed by atoms with van der Waals surface area (Å²) in [5, 5.41) is 1.26. The summed E-state index contributed by atoms with van der Waals surface area (Å²) in [5.74, 6) is 1.51. The number of nitrogens with one attached hydrogen (secondary N) is 1. The zero-order valence-corrected chi connectivity index (χ0v) is 11.7. The van der Waals surface area contributed by atoms with Gasteiger partial charge in [-0.2, -0.15) is 12.6 Å². The Hall–Kier alpha value is -1.42. The van der Waals surface area contributed by atoms with Gasteiger partial charge in [0.2, 0.25) is 5.91 Å². The summed E-state index contributed by atoms with van der Waals surface area (Å²) in [5.41, 5.74) is 2.45. The van der Waals surface area contributed by atoms with Crippen molar-refractivity contribution in [2.75, 3.05) is 18.8 Å². The molecule has 0 saturated carbocycles. The average Bonchev–Trinajstić information content (AvgIpc) is 3.00. The Morgan fingerprint density at radius 2 is 2.21 bits per heavy atom. The van der Waals surface area contributed by atoms with Crippen LogP contribution < -0.4 is 0 Å². The summed E-state index contributed by atoms with van der Waals surface area (Å²) in [6, 6.07) is 8.29. The maximum absolute atomic E-state index is 11.9. The lowest BCUT2D eigenvalue weighted by Crippen LogP contribution is -2.27. The molecule has 0 bridgehead atoms. The van der Waals surface area contributed by atoms with Crippen LogP contribution in [0.3, 0.4) is 0 Å². The molecule has 2 heterocycles. The molecule has 1 saturated heterocycles. The third kappa shape index (κ3) is 2.50. The highest BCUT2D eigenvalue weighted by molar-refractivity contribution is 7.80. The number of aromatic nitrogens is 1. The first kappa shape index (κ1) is 12.6. The number of carbonyl (C=O) groups is 1. The first-order chi connectivity index (χ1) is 9.28. The average molecular weight is 274 g/mol. The van der Waals surface area contributed by atoms with Crippen molar-refractivity contribution in [3.8, 4) is 0 Å². The molecule has 0 radical (unpaired) electrons. The van der Waals surface area contributed by atoms with Gasteiger partial charge in [0.25, 0.3) is 0 Å². The van der Waals surface area contributed by atoms with E-state index in [-0.39, 0.29) is 5.91 Å². The molecule has 3 nitrogen and oxygen atoms in total. The van der Waals surface area contributed by atoms with Gasteiger partial charge in [-0.1, -0.05) is 18.2 Å². The molecule has 1 N–H and O–H groups in total. The number of rotatable bonds is 4. The summed E-state index contributed by atoms with van der Waals surface area (Å²) in [4.78, 5) is 17.1. The molecule has 100 valence electrons. The van der Waals surface area contributed by atoms with E-state index in [0.29, 0.717) is 12.3 Å². The summed E-state index contributed by atoms with van der Waals surface area (Å²) >= 11 is 4.29. The molecule has 0 aliphatic carbocycles. The summed E-state index contributed by atoms with van der Waals surface area (Å²) < 4.78 is 0. The Bertz CT molecular complexity index is 593. The van der Waals surface area contributed by atoms with Crippen LogP contribution in [0.25, 0.3) is 10.9 Å². The molecule has 4 heteroatoms. The minimum atomic E-state index is 0.277. The highest BCUT2D eigenvalue weighted by atomic mass is 32.1. The van der Waals surface area contributed by atoms with Crippen molar-refractivity contribution in [2.45, 2.75) is 12.8 Å². The molecular formula is C15H18N2OS. The summed E-state index contributed by atoms with van der Waals surface area (Å²) in [6.45, 7) is 1.68. The normalized spacial score (nSPS) is 19.5. The molecule has 3 rings (SSSR count). The number of likely N-dealkylation sites (tertiary alicyclic amines) is 1. The van der Waals surface area contributed by atoms with E-state index < -0.39 is 0 Å². The number of benzene rings is 1. The van der Waals surface area contributed by atoms with Gasteiger partial charge in [-0.05, 0) is 29.7 Å². The van der Waals surface area contributed by atoms with E-state index in [1.54, 1.807) is 0 Å². The third-order valence-electron chi connectivity index (χ3n) is 3.88. The van der Waals surface area contributed by atoms with Crippen molar-refractivity contribution in [2.24, 2.45) is 5.92 Å². The molecule has 1 aliphatic rings. The fourth-order valence-corrected chi connectivity index (χ4v) is 3.03. The molecule has 1 fully saturated rings. The number of amides is 1. The van der Waals surface area contributed by atoms with Crippen molar-refractivity contribution in [3.05, 3.63) is 36.0 Å². The Morgan fingerprint density at radius 3 is 3.00 bits per heavy atom. The van der Waals surface area contributed by atoms with Crippen molar-refractivity contribution in [3.63, 3.8) is 0 Å². The molecule has 1 aliphatic heterocycles. The number of hydrogen-bond donors (Lipinski definition) is 2. The van der Waals surface area contributed by atoms with Crippen LogP contribution in [0.5, 0.6) is 0 Å². The lowest BCUT2D eigenvalue weighted by molar-refractivity contribution is -0.127. The predicted octanol–water partition coefficient (Wildman–Crippen LogP) is 2.49. The largest absolute Gasteiger partial charge is 0.361 e. The molecule has 19 heavy (non-hydrogen) atoms. The number of aromatic amines is 1. The number of para-hydroxylation sites is 1. The number of nitrogens with zero attached hydrogens (tertiary/aromatic N) is 1. The van der Waals surface area contributed by atoms with E-state index in [4.69, 9.17) is 0 Å². The van der Waals surface area contributed by atoms with Crippen LogP contribution in [0.2, 0.25) is 0 Å². The van der Waals surface area contributed by atoms with Gasteiger partial charge >= 0.3 is 0 Å². The second-order valence-corrected chi connectivity index (χ2v) is 5.57. The molecule has 1 atom stereocenters. The minimum Gasteiger partial charge on any atom is -0.361 e. The first-order valence-electron chi connectivity index (χ1n) is 6.71. The van der Waals surface area contributed by atoms with Gasteiger partial charge in [0.05, 0.1) is 0 Å². The Balaban J connectivity index is 1.68. The van der Waals surface area contributed by atoms with Gasteiger partial charge in [-0.15, -0.1) is 0 Å². The van der Waals surface area contributed by atoms with Crippen LogP contribution in [-0.4, -0.2) is 34.6 Å². The van der Waals surface area contributed by atoms with Gasteiger partial charge < -0.3 is 9.88 Å². The summed E-state index contributed by atoms with van der Waals surface area (Å²) in [7, 11) is 0. The van der Waals surface area contributed by atoms with E-state index in [0.717, 1.165) is 25.3 Å². The maximum atomic E-state index is 11.9. The lowest BCUT2D eigenvalue weighted by Gasteiger charge is -2.15. The van der Waals surface area contributed by atoms with Crippen LogP contribution in [0.1, 0.15) is 12.0 Å². The number of H-pyrrole nitrogens is 1. The standard InChI is InChI=1S/C15H18N2OS/c18-15-7-11(10-19)9-17(15)6-5-12-8-16-14-4-2-1-3-13(12)14/h1-4,8,11,16,19H,5-7,9-10H2. The van der Waals surface area contributed by atoms with Gasteiger partial charge in [-0.3, -0.25) is 4.79 Å². The number of thiol groups is 1. The molecule has 1 unspecified atom stereocenters. The Labute approximate surface area is 118 Å². The monoisotopic (exact) mass is 274 g/mol. The number of hydrogen-bond acceptors (Lipinski definition) is 2. The van der Waals surface area contributed by atoms with Gasteiger partial charge in [0, 0.05) is 36.6 Å². The van der Waals surface area contributed by atoms with Crippen LogP contribution >= 0.6 is 12.6 Å². The molecular weight excluding hydrogens is 256 g/mol. The lowest BCUT2D eigenvalue weighted by atomic mass is 10.1.